The van der Waals surface area contributed by atoms with Gasteiger partial charge in [-0.15, -0.1) is 0 Å². The predicted octanol–water partition coefficient (Wildman–Crippen LogP) is 21.2. The van der Waals surface area contributed by atoms with Gasteiger partial charge in [-0.25, -0.2) is 0 Å². The SMILES string of the molecule is CC/C=C\C/C=C\C/C=C\C/C=C\C/C=C\CCCC(=O)OC(COC(=O)CCCCCCCCCCCCCCCCC)COC(=O)CCCCCCCCCCCCCCCCCCCCCCCC. The average molecular weight is 1010 g/mol. The minimum absolute atomic E-state index is 0.0924. The summed E-state index contributed by atoms with van der Waals surface area (Å²) in [5, 5.41) is 0. The van der Waals surface area contributed by atoms with Crippen LogP contribution < -0.4 is 0 Å². The van der Waals surface area contributed by atoms with Gasteiger partial charge in [-0.1, -0.05) is 306 Å². The number of hydrogen-bond acceptors (Lipinski definition) is 6. The molecule has 0 amide bonds. The van der Waals surface area contributed by atoms with Crippen LogP contribution in [0.4, 0.5) is 0 Å². The molecule has 0 saturated heterocycles. The Morgan fingerprint density at radius 2 is 0.542 bits per heavy atom. The molecular weight excluding hydrogens is 889 g/mol. The Kier molecular flexibility index (Phi) is 58.2. The standard InChI is InChI=1S/C66H118O6/c1-4-7-10-13-16-19-22-25-28-30-31-32-33-34-36-38-41-44-47-50-53-56-59-65(68)71-62-63(61-70-64(67)58-55-52-49-46-43-40-37-27-24-21-18-15-12-9-6-3)72-66(69)60-57-54-51-48-45-42-39-35-29-26-23-20-17-14-11-8-5-2/h8,11,17,20,26,29,39,42,48,51,63H,4-7,9-10,12-16,18-19,21-25,27-28,30-38,40-41,43-47,49-50,52-62H2,1-3H3/b11-8-,20-17-,29-26-,42-39-,51-48-. The van der Waals surface area contributed by atoms with Gasteiger partial charge in [-0.05, 0) is 57.8 Å². The van der Waals surface area contributed by atoms with Crippen molar-refractivity contribution in [2.75, 3.05) is 13.2 Å². The zero-order chi connectivity index (χ0) is 52.2. The summed E-state index contributed by atoms with van der Waals surface area (Å²) in [6.45, 7) is 6.53. The number of rotatable bonds is 57. The lowest BCUT2D eigenvalue weighted by atomic mass is 10.0. The van der Waals surface area contributed by atoms with Gasteiger partial charge >= 0.3 is 17.9 Å². The Morgan fingerprint density at radius 1 is 0.292 bits per heavy atom. The van der Waals surface area contributed by atoms with Crippen LogP contribution in [0, 0.1) is 0 Å². The zero-order valence-corrected chi connectivity index (χ0v) is 47.9. The molecule has 0 rings (SSSR count). The highest BCUT2D eigenvalue weighted by Crippen LogP contribution is 2.17. The van der Waals surface area contributed by atoms with Crippen LogP contribution >= 0.6 is 0 Å². The molecule has 72 heavy (non-hydrogen) atoms. The molecule has 0 aromatic rings. The molecule has 418 valence electrons. The summed E-state index contributed by atoms with van der Waals surface area (Å²) < 4.78 is 16.9. The highest BCUT2D eigenvalue weighted by Gasteiger charge is 2.19. The number of carbonyl (C=O) groups excluding carboxylic acids is 3. The smallest absolute Gasteiger partial charge is 0.306 e. The predicted molar refractivity (Wildman–Crippen MR) is 312 cm³/mol. The largest absolute Gasteiger partial charge is 0.462 e. The topological polar surface area (TPSA) is 78.9 Å². The molecule has 1 atom stereocenters. The molecule has 0 aromatic carbocycles. The van der Waals surface area contributed by atoms with E-state index in [1.165, 1.54) is 199 Å². The maximum Gasteiger partial charge on any atom is 0.306 e. The van der Waals surface area contributed by atoms with Crippen LogP contribution in [0.1, 0.15) is 323 Å². The number of carbonyl (C=O) groups is 3. The van der Waals surface area contributed by atoms with Crippen molar-refractivity contribution >= 4 is 17.9 Å². The van der Waals surface area contributed by atoms with E-state index in [-0.39, 0.29) is 37.5 Å². The second kappa shape index (κ2) is 60.7. The first-order valence-corrected chi connectivity index (χ1v) is 31.3. The molecule has 1 unspecified atom stereocenters. The summed E-state index contributed by atoms with van der Waals surface area (Å²) in [4.78, 5) is 38.2. The molecule has 0 spiro atoms. The fourth-order valence-corrected chi connectivity index (χ4v) is 9.13. The van der Waals surface area contributed by atoms with E-state index in [2.05, 4.69) is 81.5 Å². The van der Waals surface area contributed by atoms with Crippen LogP contribution in [0.3, 0.4) is 0 Å². The number of hydrogen-bond donors (Lipinski definition) is 0. The molecule has 0 saturated carbocycles. The van der Waals surface area contributed by atoms with E-state index in [0.29, 0.717) is 19.3 Å². The third kappa shape index (κ3) is 58.0. The first kappa shape index (κ1) is 69.1. The summed E-state index contributed by atoms with van der Waals surface area (Å²) in [6, 6.07) is 0. The monoisotopic (exact) mass is 1010 g/mol. The summed E-state index contributed by atoms with van der Waals surface area (Å²) in [5.74, 6) is -0.932. The van der Waals surface area contributed by atoms with E-state index >= 15 is 0 Å². The third-order valence-corrected chi connectivity index (χ3v) is 13.8. The maximum absolute atomic E-state index is 12.9. The minimum Gasteiger partial charge on any atom is -0.462 e. The van der Waals surface area contributed by atoms with Gasteiger partial charge in [0.15, 0.2) is 6.10 Å². The fourth-order valence-electron chi connectivity index (χ4n) is 9.13. The van der Waals surface area contributed by atoms with Gasteiger partial charge in [-0.2, -0.15) is 0 Å². The van der Waals surface area contributed by atoms with Gasteiger partial charge in [-0.3, -0.25) is 14.4 Å². The number of ether oxygens (including phenoxy) is 3. The molecule has 0 aliphatic carbocycles. The van der Waals surface area contributed by atoms with Crippen molar-refractivity contribution in [3.05, 3.63) is 60.8 Å². The molecule has 0 aliphatic rings. The molecule has 0 fully saturated rings. The van der Waals surface area contributed by atoms with E-state index in [1.54, 1.807) is 0 Å². The Hall–Kier alpha value is -2.89. The zero-order valence-electron chi connectivity index (χ0n) is 47.9. The number of unbranched alkanes of at least 4 members (excludes halogenated alkanes) is 36. The van der Waals surface area contributed by atoms with Crippen molar-refractivity contribution in [2.45, 2.75) is 329 Å². The normalized spacial score (nSPS) is 12.4. The van der Waals surface area contributed by atoms with Gasteiger partial charge in [0.2, 0.25) is 0 Å². The highest BCUT2D eigenvalue weighted by atomic mass is 16.6. The highest BCUT2D eigenvalue weighted by molar-refractivity contribution is 5.71. The van der Waals surface area contributed by atoms with Gasteiger partial charge in [0.25, 0.3) is 0 Å². The lowest BCUT2D eigenvalue weighted by Crippen LogP contribution is -2.30. The van der Waals surface area contributed by atoms with Crippen molar-refractivity contribution < 1.29 is 28.6 Å². The molecular formula is C66H118O6. The van der Waals surface area contributed by atoms with Crippen molar-refractivity contribution in [1.82, 2.24) is 0 Å². The molecule has 6 nitrogen and oxygen atoms in total. The first-order chi connectivity index (χ1) is 35.5. The summed E-state index contributed by atoms with van der Waals surface area (Å²) in [5.41, 5.74) is 0. The number of allylic oxidation sites excluding steroid dienone is 10. The Morgan fingerprint density at radius 3 is 0.833 bits per heavy atom. The second-order valence-electron chi connectivity index (χ2n) is 21.0. The van der Waals surface area contributed by atoms with Gasteiger partial charge < -0.3 is 14.2 Å². The van der Waals surface area contributed by atoms with Crippen LogP contribution in [0.5, 0.6) is 0 Å². The summed E-state index contributed by atoms with van der Waals surface area (Å²) >= 11 is 0. The van der Waals surface area contributed by atoms with Gasteiger partial charge in [0.05, 0.1) is 0 Å². The van der Waals surface area contributed by atoms with Gasteiger partial charge in [0.1, 0.15) is 13.2 Å². The molecule has 0 radical (unpaired) electrons. The molecule has 0 aliphatic heterocycles. The Balaban J connectivity index is 4.36. The lowest BCUT2D eigenvalue weighted by Gasteiger charge is -2.18. The van der Waals surface area contributed by atoms with Crippen molar-refractivity contribution in [1.29, 1.82) is 0 Å². The Labute approximate surface area is 447 Å². The average Bonchev–Trinajstić information content (AvgIpc) is 3.38. The molecule has 0 heterocycles. The number of esters is 3. The van der Waals surface area contributed by atoms with E-state index in [9.17, 15) is 14.4 Å². The summed E-state index contributed by atoms with van der Waals surface area (Å²) in [7, 11) is 0. The van der Waals surface area contributed by atoms with E-state index in [0.717, 1.165) is 77.0 Å². The molecule has 0 N–H and O–H groups in total. The third-order valence-electron chi connectivity index (χ3n) is 13.8. The molecule has 0 aromatic heterocycles. The van der Waals surface area contributed by atoms with Crippen molar-refractivity contribution in [2.24, 2.45) is 0 Å². The first-order valence-electron chi connectivity index (χ1n) is 31.3. The van der Waals surface area contributed by atoms with Gasteiger partial charge in [0, 0.05) is 19.3 Å². The van der Waals surface area contributed by atoms with Crippen LogP contribution in [0.2, 0.25) is 0 Å². The quantitative estimate of drug-likeness (QED) is 0.0261. The molecule has 6 heteroatoms. The minimum atomic E-state index is -0.801. The lowest BCUT2D eigenvalue weighted by molar-refractivity contribution is -0.167. The molecule has 0 bridgehead atoms. The van der Waals surface area contributed by atoms with Crippen LogP contribution in [0.25, 0.3) is 0 Å². The van der Waals surface area contributed by atoms with E-state index in [1.807, 2.05) is 0 Å². The summed E-state index contributed by atoms with van der Waals surface area (Å²) in [6.07, 6.45) is 76.6. The Bertz CT molecular complexity index is 1290. The van der Waals surface area contributed by atoms with E-state index < -0.39 is 6.10 Å². The van der Waals surface area contributed by atoms with Crippen LogP contribution in [-0.2, 0) is 28.6 Å². The maximum atomic E-state index is 12.9. The fraction of sp³-hybridized carbons (Fsp3) is 0.803. The second-order valence-corrected chi connectivity index (χ2v) is 21.0. The van der Waals surface area contributed by atoms with Crippen LogP contribution in [0.15, 0.2) is 60.8 Å². The van der Waals surface area contributed by atoms with Crippen LogP contribution in [-0.4, -0.2) is 37.2 Å². The van der Waals surface area contributed by atoms with Crippen molar-refractivity contribution in [3.8, 4) is 0 Å². The van der Waals surface area contributed by atoms with E-state index in [4.69, 9.17) is 14.2 Å². The van der Waals surface area contributed by atoms with Crippen molar-refractivity contribution in [3.63, 3.8) is 0 Å².